The third kappa shape index (κ3) is 2.52. The molecule has 0 unspecified atom stereocenters. The Kier molecular flexibility index (Phi) is 3.54. The first-order valence-corrected chi connectivity index (χ1v) is 4.85. The second-order valence-electron chi connectivity index (χ2n) is 4.06. The van der Waals surface area contributed by atoms with E-state index in [4.69, 9.17) is 10.5 Å². The maximum atomic E-state index is 11.3. The van der Waals surface area contributed by atoms with E-state index in [0.717, 1.165) is 0 Å². The summed E-state index contributed by atoms with van der Waals surface area (Å²) in [6, 6.07) is 0. The van der Waals surface area contributed by atoms with Gasteiger partial charge in [-0.05, 0) is 13.8 Å². The number of carbonyl (C=O) groups is 1. The van der Waals surface area contributed by atoms with Crippen LogP contribution < -0.4 is 5.73 Å². The molecule has 1 rings (SSSR count). The number of ether oxygens (including phenoxy) is 2. The molecule has 1 aromatic heterocycles. The van der Waals surface area contributed by atoms with E-state index in [1.807, 2.05) is 13.8 Å². The Morgan fingerprint density at radius 1 is 1.56 bits per heavy atom. The molecule has 0 amide bonds. The van der Waals surface area contributed by atoms with Gasteiger partial charge in [-0.2, -0.15) is 0 Å². The van der Waals surface area contributed by atoms with Crippen molar-refractivity contribution in [1.82, 2.24) is 9.55 Å². The summed E-state index contributed by atoms with van der Waals surface area (Å²) in [6.07, 6.45) is 1.50. The van der Waals surface area contributed by atoms with E-state index in [9.17, 15) is 4.79 Å². The molecule has 2 N–H and O–H groups in total. The number of aromatic nitrogens is 2. The fourth-order valence-electron chi connectivity index (χ4n) is 1.25. The quantitative estimate of drug-likeness (QED) is 0.765. The molecule has 0 aliphatic carbocycles. The molecule has 6 nitrogen and oxygen atoms in total. The number of anilines is 1. The molecule has 0 bridgehead atoms. The van der Waals surface area contributed by atoms with Crippen LogP contribution in [0.3, 0.4) is 0 Å². The maximum Gasteiger partial charge on any atom is 0.360 e. The van der Waals surface area contributed by atoms with Crippen LogP contribution in [0.5, 0.6) is 0 Å². The van der Waals surface area contributed by atoms with Gasteiger partial charge >= 0.3 is 5.97 Å². The maximum absolute atomic E-state index is 11.3. The van der Waals surface area contributed by atoms with Gasteiger partial charge in [-0.3, -0.25) is 0 Å². The van der Waals surface area contributed by atoms with Crippen LogP contribution in [-0.4, -0.2) is 35.3 Å². The van der Waals surface area contributed by atoms with Crippen LogP contribution in [0.15, 0.2) is 6.33 Å². The number of carbonyl (C=O) groups excluding carboxylic acids is 1. The van der Waals surface area contributed by atoms with Crippen LogP contribution >= 0.6 is 0 Å². The van der Waals surface area contributed by atoms with Gasteiger partial charge in [-0.1, -0.05) is 0 Å². The second kappa shape index (κ2) is 4.52. The van der Waals surface area contributed by atoms with Crippen molar-refractivity contribution in [1.29, 1.82) is 0 Å². The van der Waals surface area contributed by atoms with Crippen LogP contribution in [0.4, 0.5) is 5.82 Å². The lowest BCUT2D eigenvalue weighted by atomic mass is 10.1. The van der Waals surface area contributed by atoms with E-state index in [-0.39, 0.29) is 17.1 Å². The smallest absolute Gasteiger partial charge is 0.360 e. The molecule has 0 fully saturated rings. The van der Waals surface area contributed by atoms with Gasteiger partial charge in [-0.15, -0.1) is 0 Å². The molecule has 1 heterocycles. The zero-order valence-corrected chi connectivity index (χ0v) is 9.98. The van der Waals surface area contributed by atoms with Crippen LogP contribution in [-0.2, 0) is 16.0 Å². The van der Waals surface area contributed by atoms with Crippen LogP contribution in [0.25, 0.3) is 0 Å². The predicted octanol–water partition coefficient (Wildman–Crippen LogP) is 0.677. The molecule has 0 saturated carbocycles. The molecule has 16 heavy (non-hydrogen) atoms. The SMILES string of the molecule is COC(=O)c1ncn(CC(C)(C)OC)c1N. The lowest BCUT2D eigenvalue weighted by molar-refractivity contribution is 0.00854. The van der Waals surface area contributed by atoms with Crippen LogP contribution in [0, 0.1) is 0 Å². The van der Waals surface area contributed by atoms with Crippen molar-refractivity contribution in [3.63, 3.8) is 0 Å². The number of hydrogen-bond donors (Lipinski definition) is 1. The minimum Gasteiger partial charge on any atom is -0.464 e. The Labute approximate surface area is 94.4 Å². The van der Waals surface area contributed by atoms with Gasteiger partial charge in [0.1, 0.15) is 5.82 Å². The minimum absolute atomic E-state index is 0.134. The first-order chi connectivity index (χ1) is 7.41. The fourth-order valence-corrected chi connectivity index (χ4v) is 1.25. The number of esters is 1. The van der Waals surface area contributed by atoms with Gasteiger partial charge in [0.25, 0.3) is 0 Å². The van der Waals surface area contributed by atoms with Gasteiger partial charge in [0.2, 0.25) is 0 Å². The Balaban J connectivity index is 2.92. The van der Waals surface area contributed by atoms with Crippen molar-refractivity contribution in [3.05, 3.63) is 12.0 Å². The lowest BCUT2D eigenvalue weighted by Gasteiger charge is -2.23. The van der Waals surface area contributed by atoms with E-state index in [0.29, 0.717) is 6.54 Å². The highest BCUT2D eigenvalue weighted by molar-refractivity contribution is 5.92. The number of rotatable bonds is 4. The largest absolute Gasteiger partial charge is 0.464 e. The normalized spacial score (nSPS) is 11.5. The molecule has 0 radical (unpaired) electrons. The molecule has 6 heteroatoms. The highest BCUT2D eigenvalue weighted by Crippen LogP contribution is 2.17. The molecule has 0 spiro atoms. The van der Waals surface area contributed by atoms with Crippen molar-refractivity contribution in [2.75, 3.05) is 20.0 Å². The van der Waals surface area contributed by atoms with Gasteiger partial charge in [-0.25, -0.2) is 9.78 Å². The Morgan fingerprint density at radius 3 is 2.69 bits per heavy atom. The van der Waals surface area contributed by atoms with Gasteiger partial charge < -0.3 is 19.8 Å². The molecule has 0 aliphatic rings. The van der Waals surface area contributed by atoms with E-state index >= 15 is 0 Å². The molecule has 90 valence electrons. The summed E-state index contributed by atoms with van der Waals surface area (Å²) in [5, 5.41) is 0. The number of nitrogens with zero attached hydrogens (tertiary/aromatic N) is 2. The Bertz CT molecular complexity index is 385. The minimum atomic E-state index is -0.536. The van der Waals surface area contributed by atoms with Gasteiger partial charge in [0.15, 0.2) is 5.69 Å². The van der Waals surface area contributed by atoms with Crippen LogP contribution in [0.2, 0.25) is 0 Å². The molecular formula is C10H17N3O3. The number of hydrogen-bond acceptors (Lipinski definition) is 5. The average Bonchev–Trinajstić information content (AvgIpc) is 2.59. The zero-order valence-electron chi connectivity index (χ0n) is 9.98. The molecular weight excluding hydrogens is 210 g/mol. The molecule has 0 aromatic carbocycles. The van der Waals surface area contributed by atoms with Crippen molar-refractivity contribution >= 4 is 11.8 Å². The summed E-state index contributed by atoms with van der Waals surface area (Å²) in [6.45, 7) is 4.35. The van der Waals surface area contributed by atoms with Crippen molar-refractivity contribution in [2.24, 2.45) is 0 Å². The van der Waals surface area contributed by atoms with E-state index in [1.54, 1.807) is 11.7 Å². The molecule has 0 aliphatic heterocycles. The monoisotopic (exact) mass is 227 g/mol. The standard InChI is InChI=1S/C10H17N3O3/c1-10(2,16-4)5-13-6-12-7(8(13)11)9(14)15-3/h6H,5,11H2,1-4H3. The first-order valence-electron chi connectivity index (χ1n) is 4.85. The number of nitrogen functional groups attached to an aromatic ring is 1. The first kappa shape index (κ1) is 12.5. The third-order valence-corrected chi connectivity index (χ3v) is 2.36. The summed E-state index contributed by atoms with van der Waals surface area (Å²) in [5.41, 5.74) is 5.55. The van der Waals surface area contributed by atoms with Crippen LogP contribution in [0.1, 0.15) is 24.3 Å². The predicted molar refractivity (Wildman–Crippen MR) is 59.1 cm³/mol. The summed E-state index contributed by atoms with van der Waals surface area (Å²) in [5.74, 6) is -0.247. The van der Waals surface area contributed by atoms with Gasteiger partial charge in [0, 0.05) is 7.11 Å². The van der Waals surface area contributed by atoms with Crippen molar-refractivity contribution < 1.29 is 14.3 Å². The Morgan fingerprint density at radius 2 is 2.19 bits per heavy atom. The highest BCUT2D eigenvalue weighted by atomic mass is 16.5. The fraction of sp³-hybridized carbons (Fsp3) is 0.600. The summed E-state index contributed by atoms with van der Waals surface area (Å²) in [7, 11) is 2.91. The summed E-state index contributed by atoms with van der Waals surface area (Å²) < 4.78 is 11.5. The van der Waals surface area contributed by atoms with Gasteiger partial charge in [0.05, 0.1) is 25.6 Å². The third-order valence-electron chi connectivity index (χ3n) is 2.36. The zero-order chi connectivity index (χ0) is 12.3. The lowest BCUT2D eigenvalue weighted by Crippen LogP contribution is -2.29. The number of nitrogens with two attached hydrogens (primary N) is 1. The molecule has 0 atom stereocenters. The number of methoxy groups -OCH3 is 2. The number of imidazole rings is 1. The van der Waals surface area contributed by atoms with Crippen molar-refractivity contribution in [3.8, 4) is 0 Å². The van der Waals surface area contributed by atoms with Crippen molar-refractivity contribution in [2.45, 2.75) is 26.0 Å². The van der Waals surface area contributed by atoms with E-state index in [2.05, 4.69) is 9.72 Å². The molecule has 1 aromatic rings. The Hall–Kier alpha value is -1.56. The summed E-state index contributed by atoms with van der Waals surface area (Å²) >= 11 is 0. The average molecular weight is 227 g/mol. The highest BCUT2D eigenvalue weighted by Gasteiger charge is 2.22. The molecule has 0 saturated heterocycles. The summed E-state index contributed by atoms with van der Waals surface area (Å²) in [4.78, 5) is 15.2. The topological polar surface area (TPSA) is 79.4 Å². The van der Waals surface area contributed by atoms with E-state index in [1.165, 1.54) is 13.4 Å². The van der Waals surface area contributed by atoms with E-state index < -0.39 is 5.97 Å². The second-order valence-corrected chi connectivity index (χ2v) is 4.06.